The molecule has 0 bridgehead atoms. The second-order valence-electron chi connectivity index (χ2n) is 10.5. The molecule has 0 aliphatic rings. The van der Waals surface area contributed by atoms with Crippen molar-refractivity contribution in [3.05, 3.63) is 71.1 Å². The number of anilines is 1. The van der Waals surface area contributed by atoms with Crippen LogP contribution in [0.25, 0.3) is 0 Å². The van der Waals surface area contributed by atoms with Crippen LogP contribution in [0.15, 0.2) is 53.1 Å². The summed E-state index contributed by atoms with van der Waals surface area (Å²) in [5.74, 6) is 0.183. The van der Waals surface area contributed by atoms with Gasteiger partial charge in [0.15, 0.2) is 5.60 Å². The maximum Gasteiger partial charge on any atom is 0.416 e. The first kappa shape index (κ1) is 28.0. The molecule has 0 atom stereocenters. The number of carbonyl (C=O) groups is 1. The normalized spacial score (nSPS) is 12.6. The minimum atomic E-state index is -4.41. The lowest BCUT2D eigenvalue weighted by Gasteiger charge is -2.33. The topological polar surface area (TPSA) is 88.7 Å². The van der Waals surface area contributed by atoms with E-state index in [1.807, 2.05) is 44.7 Å². The molecule has 1 aromatic heterocycles. The van der Waals surface area contributed by atoms with Gasteiger partial charge in [-0.05, 0) is 54.4 Å². The first-order valence-electron chi connectivity index (χ1n) is 11.9. The van der Waals surface area contributed by atoms with Gasteiger partial charge in [-0.25, -0.2) is 4.79 Å². The molecule has 37 heavy (non-hydrogen) atoms. The van der Waals surface area contributed by atoms with E-state index in [9.17, 15) is 23.1 Å². The molecule has 0 aliphatic carbocycles. The second-order valence-corrected chi connectivity index (χ2v) is 10.5. The first-order valence-corrected chi connectivity index (χ1v) is 11.9. The summed E-state index contributed by atoms with van der Waals surface area (Å²) in [4.78, 5) is 17.7. The molecule has 10 heteroatoms. The Labute approximate surface area is 214 Å². The highest BCUT2D eigenvalue weighted by Crippen LogP contribution is 2.32. The minimum Gasteiger partial charge on any atom is -0.478 e. The molecule has 0 saturated heterocycles. The molecule has 0 spiro atoms. The lowest BCUT2D eigenvalue weighted by molar-refractivity contribution is -0.152. The Kier molecular flexibility index (Phi) is 7.90. The average Bonchev–Trinajstić information content (AvgIpc) is 3.29. The molecule has 200 valence electrons. The lowest BCUT2D eigenvalue weighted by atomic mass is 9.84. The smallest absolute Gasteiger partial charge is 0.416 e. The van der Waals surface area contributed by atoms with Gasteiger partial charge in [-0.15, -0.1) is 0 Å². The maximum atomic E-state index is 13.0. The summed E-state index contributed by atoms with van der Waals surface area (Å²) in [5.41, 5.74) is -0.927. The highest BCUT2D eigenvalue weighted by molar-refractivity contribution is 5.76. The number of aliphatic carboxylic acids is 1. The van der Waals surface area contributed by atoms with E-state index in [0.29, 0.717) is 29.7 Å². The number of carboxylic acids is 1. The van der Waals surface area contributed by atoms with E-state index in [1.54, 1.807) is 12.1 Å². The molecule has 2 aromatic carbocycles. The average molecular weight is 520 g/mol. The van der Waals surface area contributed by atoms with Gasteiger partial charge in [0, 0.05) is 24.4 Å². The van der Waals surface area contributed by atoms with Gasteiger partial charge in [0.05, 0.1) is 5.56 Å². The molecule has 0 amide bonds. The number of halogens is 3. The van der Waals surface area contributed by atoms with Gasteiger partial charge in [-0.1, -0.05) is 52.0 Å². The molecule has 3 aromatic rings. The third kappa shape index (κ3) is 7.02. The van der Waals surface area contributed by atoms with Crippen molar-refractivity contribution in [3.8, 4) is 5.75 Å². The Hall–Kier alpha value is -3.56. The highest BCUT2D eigenvalue weighted by Gasteiger charge is 2.32. The van der Waals surface area contributed by atoms with Crippen LogP contribution in [-0.2, 0) is 22.9 Å². The van der Waals surface area contributed by atoms with Crippen molar-refractivity contribution in [1.29, 1.82) is 0 Å². The number of rotatable bonds is 10. The molecule has 3 rings (SSSR count). The number of aromatic nitrogens is 2. The minimum absolute atomic E-state index is 0.0183. The van der Waals surface area contributed by atoms with E-state index in [2.05, 4.69) is 10.1 Å². The highest BCUT2D eigenvalue weighted by atomic mass is 19.4. The fourth-order valence-corrected chi connectivity index (χ4v) is 3.69. The van der Waals surface area contributed by atoms with Crippen LogP contribution in [0.2, 0.25) is 0 Å². The molecule has 0 unspecified atom stereocenters. The summed E-state index contributed by atoms with van der Waals surface area (Å²) in [6.45, 7) is 11.5. The number of carboxylic acid groups (broad SMARTS) is 1. The van der Waals surface area contributed by atoms with Crippen molar-refractivity contribution in [3.63, 3.8) is 0 Å². The Bertz CT molecular complexity index is 1200. The molecular weight excluding hydrogens is 487 g/mol. The van der Waals surface area contributed by atoms with Gasteiger partial charge in [-0.2, -0.15) is 18.2 Å². The van der Waals surface area contributed by atoms with E-state index in [4.69, 9.17) is 9.26 Å². The van der Waals surface area contributed by atoms with Crippen molar-refractivity contribution in [2.24, 2.45) is 0 Å². The zero-order chi connectivity index (χ0) is 27.6. The third-order valence-corrected chi connectivity index (χ3v) is 5.97. The zero-order valence-electron chi connectivity index (χ0n) is 21.8. The van der Waals surface area contributed by atoms with Gasteiger partial charge in [-0.3, -0.25) is 0 Å². The van der Waals surface area contributed by atoms with E-state index in [1.165, 1.54) is 26.0 Å². The fraction of sp³-hybridized carbons (Fsp3) is 0.444. The molecule has 0 aliphatic heterocycles. The summed E-state index contributed by atoms with van der Waals surface area (Å²) in [6.07, 6.45) is -4.41. The van der Waals surface area contributed by atoms with E-state index >= 15 is 0 Å². The predicted octanol–water partition coefficient (Wildman–Crippen LogP) is 6.44. The number of hydrogen-bond acceptors (Lipinski definition) is 6. The van der Waals surface area contributed by atoms with Crippen molar-refractivity contribution < 1.29 is 32.3 Å². The summed E-state index contributed by atoms with van der Waals surface area (Å²) >= 11 is 0. The van der Waals surface area contributed by atoms with Crippen LogP contribution in [0, 0.1) is 0 Å². The first-order chi connectivity index (χ1) is 17.1. The fourth-order valence-electron chi connectivity index (χ4n) is 3.69. The monoisotopic (exact) mass is 519 g/mol. The zero-order valence-corrected chi connectivity index (χ0v) is 21.8. The van der Waals surface area contributed by atoms with Gasteiger partial charge in [0.2, 0.25) is 5.89 Å². The number of alkyl halides is 3. The van der Waals surface area contributed by atoms with Crippen molar-refractivity contribution in [2.75, 3.05) is 11.4 Å². The largest absolute Gasteiger partial charge is 0.478 e. The summed E-state index contributed by atoms with van der Waals surface area (Å²) in [5, 5.41) is 13.4. The van der Waals surface area contributed by atoms with E-state index in [-0.39, 0.29) is 12.5 Å². The summed E-state index contributed by atoms with van der Waals surface area (Å²) in [6, 6.07) is 12.2. The Morgan fingerprint density at radius 2 is 1.57 bits per heavy atom. The second kappa shape index (κ2) is 10.4. The number of benzene rings is 2. The quantitative estimate of drug-likeness (QED) is 0.330. The standard InChI is InChI=1S/C27H32F3N3O4/c1-17(2)22-31-24(32-37-22)33(15-18-7-9-20(10-8-18)27(28,29)30)16-25(3,4)19-11-13-21(14-12-19)36-26(5,6)23(34)35/h7-14,17H,15-16H2,1-6H3,(H,34,35). The van der Waals surface area contributed by atoms with Gasteiger partial charge < -0.3 is 19.3 Å². The van der Waals surface area contributed by atoms with Crippen molar-refractivity contribution in [2.45, 2.75) is 71.2 Å². The molecule has 0 fully saturated rings. The summed E-state index contributed by atoms with van der Waals surface area (Å²) in [7, 11) is 0. The number of ether oxygens (including phenoxy) is 1. The van der Waals surface area contributed by atoms with Crippen LogP contribution >= 0.6 is 0 Å². The van der Waals surface area contributed by atoms with Gasteiger partial charge in [0.1, 0.15) is 5.75 Å². The van der Waals surface area contributed by atoms with Gasteiger partial charge >= 0.3 is 12.1 Å². The van der Waals surface area contributed by atoms with Crippen LogP contribution in [-0.4, -0.2) is 33.4 Å². The Balaban J connectivity index is 1.86. The Morgan fingerprint density at radius 3 is 2.05 bits per heavy atom. The van der Waals surface area contributed by atoms with E-state index in [0.717, 1.165) is 17.7 Å². The molecule has 1 heterocycles. The lowest BCUT2D eigenvalue weighted by Crippen LogP contribution is -2.38. The molecule has 7 nitrogen and oxygen atoms in total. The Morgan fingerprint density at radius 1 is 1.00 bits per heavy atom. The molecule has 0 radical (unpaired) electrons. The van der Waals surface area contributed by atoms with Crippen LogP contribution in [0.1, 0.15) is 70.0 Å². The predicted molar refractivity (Wildman–Crippen MR) is 133 cm³/mol. The third-order valence-electron chi connectivity index (χ3n) is 5.97. The van der Waals surface area contributed by atoms with Crippen molar-refractivity contribution in [1.82, 2.24) is 10.1 Å². The van der Waals surface area contributed by atoms with Crippen LogP contribution in [0.3, 0.4) is 0 Å². The molecular formula is C27H32F3N3O4. The maximum absolute atomic E-state index is 13.0. The summed E-state index contributed by atoms with van der Waals surface area (Å²) < 4.78 is 50.0. The van der Waals surface area contributed by atoms with E-state index < -0.39 is 28.7 Å². The van der Waals surface area contributed by atoms with Crippen LogP contribution in [0.4, 0.5) is 19.1 Å². The van der Waals surface area contributed by atoms with Crippen LogP contribution in [0.5, 0.6) is 5.75 Å². The number of nitrogens with zero attached hydrogens (tertiary/aromatic N) is 3. The van der Waals surface area contributed by atoms with Crippen LogP contribution < -0.4 is 9.64 Å². The number of hydrogen-bond donors (Lipinski definition) is 1. The molecule has 0 saturated carbocycles. The van der Waals surface area contributed by atoms with Crippen molar-refractivity contribution >= 4 is 11.9 Å². The molecule has 1 N–H and O–H groups in total. The SMILES string of the molecule is CC(C)c1nc(N(Cc2ccc(C(F)(F)F)cc2)CC(C)(C)c2ccc(OC(C)(C)C(=O)O)cc2)no1. The van der Waals surface area contributed by atoms with Gasteiger partial charge in [0.25, 0.3) is 5.95 Å².